The molecular formula is C33H42N5O12P. The number of benzene rings is 1. The van der Waals surface area contributed by atoms with E-state index in [1.165, 1.54) is 10.8 Å². The van der Waals surface area contributed by atoms with Crippen molar-refractivity contribution in [3.8, 4) is 11.8 Å². The van der Waals surface area contributed by atoms with Crippen LogP contribution in [0.15, 0.2) is 42.7 Å². The fourth-order valence-corrected chi connectivity index (χ4v) is 6.99. The number of hydrogen-bond acceptors (Lipinski definition) is 14. The van der Waals surface area contributed by atoms with Crippen LogP contribution in [0.1, 0.15) is 71.6 Å². The molecule has 1 fully saturated rings. The van der Waals surface area contributed by atoms with Gasteiger partial charge in [0.05, 0.1) is 24.5 Å². The zero-order valence-corrected chi connectivity index (χ0v) is 29.8. The van der Waals surface area contributed by atoms with Crippen molar-refractivity contribution in [3.63, 3.8) is 0 Å². The van der Waals surface area contributed by atoms with E-state index in [9.17, 15) is 34.4 Å². The number of nitrogens with two attached hydrogens (primary N) is 1. The van der Waals surface area contributed by atoms with E-state index in [0.717, 1.165) is 5.56 Å². The molecule has 1 aliphatic heterocycles. The van der Waals surface area contributed by atoms with Crippen molar-refractivity contribution in [2.24, 2.45) is 11.8 Å². The largest absolute Gasteiger partial charge is 0.533 e. The maximum Gasteiger partial charge on any atom is 0.533 e. The molecule has 17 nitrogen and oxygen atoms in total. The first-order valence-electron chi connectivity index (χ1n) is 16.1. The van der Waals surface area contributed by atoms with Crippen molar-refractivity contribution in [3.05, 3.63) is 54.0 Å². The van der Waals surface area contributed by atoms with Gasteiger partial charge in [-0.3, -0.25) is 14.1 Å². The Bertz CT molecular complexity index is 1800. The number of carbonyl (C=O) groups is 3. The quantitative estimate of drug-likeness (QED) is 0.0944. The highest BCUT2D eigenvalue weighted by Crippen LogP contribution is 2.54. The Balaban J connectivity index is 1.70. The molecule has 1 aromatic carbocycles. The molecule has 0 aliphatic carbocycles. The molecule has 276 valence electrons. The van der Waals surface area contributed by atoms with Crippen LogP contribution in [0.3, 0.4) is 0 Å². The average molecular weight is 732 g/mol. The number of nitriles is 1. The van der Waals surface area contributed by atoms with Gasteiger partial charge in [0.15, 0.2) is 11.4 Å². The number of ether oxygens (including phenoxy) is 3. The molecule has 1 unspecified atom stereocenters. The predicted molar refractivity (Wildman–Crippen MR) is 178 cm³/mol. The molecule has 18 heteroatoms. The highest BCUT2D eigenvalue weighted by Gasteiger charge is 2.58. The van der Waals surface area contributed by atoms with Gasteiger partial charge in [-0.05, 0) is 67.9 Å². The molecule has 3 aromatic rings. The number of aromatic nitrogens is 3. The summed E-state index contributed by atoms with van der Waals surface area (Å²) in [5.41, 5.74) is 5.45. The number of phosphoric acid groups is 1. The van der Waals surface area contributed by atoms with Gasteiger partial charge in [0.25, 0.3) is 0 Å². The van der Waals surface area contributed by atoms with Gasteiger partial charge >= 0.3 is 25.9 Å². The Morgan fingerprint density at radius 3 is 2.35 bits per heavy atom. The molecule has 0 saturated carbocycles. The number of rotatable bonds is 16. The van der Waals surface area contributed by atoms with Crippen molar-refractivity contribution in [1.29, 1.82) is 5.26 Å². The standard InChI is InChI=1S/C33H42N5O12P/c1-20(2)48-31(43)45-19-47-51(44,50-22-8-6-21(7-9-22)32(3,4)5)46-16-26-23(10-14-28(39)40)24(11-15-29(41)42)33(17-34,49-26)27-13-12-25-30(35)36-18-37-38(25)27/h6-9,12-13,18,20,23-24,26H,10-11,14-16,19H2,1-5H3,(H,39,40)(H,41,42)(H2,35,36,37)/t23-,24-,26+,33-,51?/m1/s1. The molecule has 1 saturated heterocycles. The van der Waals surface area contributed by atoms with E-state index in [1.807, 2.05) is 20.8 Å². The smallest absolute Gasteiger partial charge is 0.481 e. The number of phosphoric ester groups is 1. The van der Waals surface area contributed by atoms with Gasteiger partial charge in [-0.2, -0.15) is 10.4 Å². The minimum Gasteiger partial charge on any atom is -0.481 e. The number of nitrogens with zero attached hydrogens (tertiary/aromatic N) is 4. The summed E-state index contributed by atoms with van der Waals surface area (Å²) in [5, 5.41) is 34.2. The SMILES string of the molecule is CC(C)OC(=O)OCOP(=O)(OC[C@@H]1O[C@@](C#N)(c2ccc3c(N)ncnn23)[C@H](CCC(=O)O)[C@H]1CCC(=O)O)Oc1ccc(C(C)(C)C)cc1. The molecule has 0 bridgehead atoms. The van der Waals surface area contributed by atoms with Crippen LogP contribution in [0.5, 0.6) is 5.75 Å². The molecule has 4 rings (SSSR count). The first kappa shape index (κ1) is 39.0. The van der Waals surface area contributed by atoms with E-state index >= 15 is 0 Å². The minimum atomic E-state index is -4.66. The fourth-order valence-electron chi connectivity index (χ4n) is 5.92. The van der Waals surface area contributed by atoms with E-state index in [1.54, 1.807) is 50.2 Å². The lowest BCUT2D eigenvalue weighted by Crippen LogP contribution is -2.35. The first-order chi connectivity index (χ1) is 24.0. The first-order valence-corrected chi connectivity index (χ1v) is 17.6. The normalized spacial score (nSPS) is 21.5. The third-order valence-electron chi connectivity index (χ3n) is 8.30. The minimum absolute atomic E-state index is 0.0675. The number of carbonyl (C=O) groups excluding carboxylic acids is 1. The van der Waals surface area contributed by atoms with E-state index in [0.29, 0.717) is 5.52 Å². The summed E-state index contributed by atoms with van der Waals surface area (Å²) in [6, 6.07) is 12.0. The second kappa shape index (κ2) is 16.1. The van der Waals surface area contributed by atoms with Crippen molar-refractivity contribution in [2.45, 2.75) is 83.5 Å². The van der Waals surface area contributed by atoms with Crippen molar-refractivity contribution < 1.29 is 56.9 Å². The molecule has 0 radical (unpaired) electrons. The Hall–Kier alpha value is -4.75. The average Bonchev–Trinajstić information content (AvgIpc) is 3.61. The maximum absolute atomic E-state index is 14.1. The van der Waals surface area contributed by atoms with Gasteiger partial charge in [-0.15, -0.1) is 0 Å². The van der Waals surface area contributed by atoms with Gasteiger partial charge in [-0.1, -0.05) is 32.9 Å². The van der Waals surface area contributed by atoms with Crippen LogP contribution in [0.2, 0.25) is 0 Å². The Labute approximate surface area is 294 Å². The summed E-state index contributed by atoms with van der Waals surface area (Å²) in [6.07, 6.45) is -2.49. The number of fused-ring (bicyclic) bond motifs is 1. The van der Waals surface area contributed by atoms with Gasteiger partial charge in [0, 0.05) is 18.8 Å². The van der Waals surface area contributed by atoms with Crippen molar-refractivity contribution in [1.82, 2.24) is 14.6 Å². The van der Waals surface area contributed by atoms with Gasteiger partial charge in [0.2, 0.25) is 6.79 Å². The number of carboxylic acid groups (broad SMARTS) is 2. The zero-order valence-electron chi connectivity index (χ0n) is 28.9. The zero-order chi connectivity index (χ0) is 37.6. The summed E-state index contributed by atoms with van der Waals surface area (Å²) in [7, 11) is -4.66. The molecule has 2 aromatic heterocycles. The Morgan fingerprint density at radius 2 is 1.75 bits per heavy atom. The lowest BCUT2D eigenvalue weighted by Gasteiger charge is -2.29. The molecular weight excluding hydrogens is 689 g/mol. The van der Waals surface area contributed by atoms with Crippen LogP contribution in [-0.2, 0) is 48.4 Å². The highest BCUT2D eigenvalue weighted by atomic mass is 31.2. The monoisotopic (exact) mass is 731 g/mol. The van der Waals surface area contributed by atoms with Crippen LogP contribution in [0.4, 0.5) is 10.6 Å². The fraction of sp³-hybridized carbons (Fsp3) is 0.515. The van der Waals surface area contributed by atoms with E-state index in [-0.39, 0.29) is 48.4 Å². The number of carboxylic acids is 2. The molecule has 51 heavy (non-hydrogen) atoms. The molecule has 0 amide bonds. The maximum atomic E-state index is 14.1. The van der Waals surface area contributed by atoms with Gasteiger partial charge in [-0.25, -0.2) is 23.4 Å². The van der Waals surface area contributed by atoms with Gasteiger partial charge in [0.1, 0.15) is 23.7 Å². The van der Waals surface area contributed by atoms with Crippen molar-refractivity contribution >= 4 is 37.3 Å². The Morgan fingerprint density at radius 1 is 1.08 bits per heavy atom. The van der Waals surface area contributed by atoms with Crippen LogP contribution in [0.25, 0.3) is 5.52 Å². The summed E-state index contributed by atoms with van der Waals surface area (Å²) in [6.45, 7) is 7.78. The molecule has 0 spiro atoms. The third-order valence-corrected chi connectivity index (χ3v) is 9.62. The number of aliphatic carboxylic acids is 2. The van der Waals surface area contributed by atoms with Crippen LogP contribution < -0.4 is 10.3 Å². The van der Waals surface area contributed by atoms with Crippen molar-refractivity contribution in [2.75, 3.05) is 19.1 Å². The highest BCUT2D eigenvalue weighted by molar-refractivity contribution is 7.48. The lowest BCUT2D eigenvalue weighted by molar-refractivity contribution is -0.139. The lowest BCUT2D eigenvalue weighted by atomic mass is 9.74. The number of anilines is 1. The predicted octanol–water partition coefficient (Wildman–Crippen LogP) is 5.43. The van der Waals surface area contributed by atoms with E-state index in [2.05, 4.69) is 16.2 Å². The Kier molecular flexibility index (Phi) is 12.3. The van der Waals surface area contributed by atoms with Gasteiger partial charge < -0.3 is 34.7 Å². The molecule has 4 N–H and O–H groups in total. The number of hydrogen-bond donors (Lipinski definition) is 3. The van der Waals surface area contributed by atoms with Crippen LogP contribution in [-0.4, -0.2) is 68.5 Å². The van der Waals surface area contributed by atoms with Crippen LogP contribution in [0, 0.1) is 23.2 Å². The summed E-state index contributed by atoms with van der Waals surface area (Å²) < 4.78 is 48.6. The third kappa shape index (κ3) is 9.53. The second-order valence-electron chi connectivity index (χ2n) is 13.2. The summed E-state index contributed by atoms with van der Waals surface area (Å²) in [4.78, 5) is 39.5. The molecule has 1 aliphatic rings. The molecule has 3 heterocycles. The summed E-state index contributed by atoms with van der Waals surface area (Å²) >= 11 is 0. The molecule has 5 atom stereocenters. The summed E-state index contributed by atoms with van der Waals surface area (Å²) in [5.74, 6) is -3.82. The second-order valence-corrected chi connectivity index (χ2v) is 14.8. The van der Waals surface area contributed by atoms with E-state index in [4.69, 9.17) is 33.5 Å². The van der Waals surface area contributed by atoms with E-state index < -0.39 is 69.0 Å². The topological polar surface area (TPSA) is 244 Å². The number of nitrogen functional groups attached to an aromatic ring is 1. The van der Waals surface area contributed by atoms with Crippen LogP contribution >= 0.6 is 7.82 Å².